The first-order valence-corrected chi connectivity index (χ1v) is 6.69. The lowest BCUT2D eigenvalue weighted by Crippen LogP contribution is -2.16. The van der Waals surface area contributed by atoms with Crippen LogP contribution in [0.1, 0.15) is 10.4 Å². The van der Waals surface area contributed by atoms with Gasteiger partial charge in [0.2, 0.25) is 0 Å². The Morgan fingerprint density at radius 2 is 2.05 bits per heavy atom. The van der Waals surface area contributed by atoms with Gasteiger partial charge in [-0.3, -0.25) is 9.78 Å². The maximum atomic E-state index is 12.2. The number of aromatic nitrogens is 1. The molecule has 0 aliphatic heterocycles. The molecule has 0 spiro atoms. The number of benzene rings is 1. The largest absolute Gasteiger partial charge is 0.506 e. The summed E-state index contributed by atoms with van der Waals surface area (Å²) in [6, 6.07) is 7.00. The van der Waals surface area contributed by atoms with Crippen molar-refractivity contribution in [3.05, 3.63) is 46.7 Å². The van der Waals surface area contributed by atoms with Crippen LogP contribution in [0.2, 0.25) is 0 Å². The molecule has 0 aliphatic rings. The second kappa shape index (κ2) is 5.92. The molecule has 6 heteroatoms. The molecule has 0 radical (unpaired) electrons. The van der Waals surface area contributed by atoms with Gasteiger partial charge < -0.3 is 15.3 Å². The number of hydrogen-bond acceptors (Lipinski definition) is 4. The number of halogens is 1. The molecule has 2 aromatic rings. The van der Waals surface area contributed by atoms with Crippen molar-refractivity contribution in [3.63, 3.8) is 0 Å². The Morgan fingerprint density at radius 1 is 1.30 bits per heavy atom. The molecule has 0 aliphatic carbocycles. The molecule has 0 unspecified atom stereocenters. The highest BCUT2D eigenvalue weighted by Gasteiger charge is 2.11. The quantitative estimate of drug-likeness (QED) is 0.905. The molecule has 1 aromatic heterocycles. The number of hydrogen-bond donors (Lipinski definition) is 2. The third-order valence-corrected chi connectivity index (χ3v) is 3.17. The fraction of sp³-hybridized carbons (Fsp3) is 0.143. The molecule has 0 atom stereocenters. The molecule has 2 rings (SSSR count). The Bertz CT molecular complexity index is 644. The number of carbonyl (C=O) groups is 1. The molecule has 0 bridgehead atoms. The molecule has 5 nitrogen and oxygen atoms in total. The summed E-state index contributed by atoms with van der Waals surface area (Å²) in [4.78, 5) is 17.9. The molecule has 1 amide bonds. The summed E-state index contributed by atoms with van der Waals surface area (Å²) in [6.45, 7) is 0. The maximum absolute atomic E-state index is 12.2. The smallest absolute Gasteiger partial charge is 0.257 e. The van der Waals surface area contributed by atoms with Crippen molar-refractivity contribution in [2.24, 2.45) is 0 Å². The van der Waals surface area contributed by atoms with E-state index >= 15 is 0 Å². The number of nitrogens with one attached hydrogen (secondary N) is 1. The van der Waals surface area contributed by atoms with Crippen LogP contribution in [0.3, 0.4) is 0 Å². The highest BCUT2D eigenvalue weighted by molar-refractivity contribution is 9.10. The van der Waals surface area contributed by atoms with Crippen molar-refractivity contribution in [3.8, 4) is 5.75 Å². The highest BCUT2D eigenvalue weighted by atomic mass is 79.9. The summed E-state index contributed by atoms with van der Waals surface area (Å²) in [7, 11) is 3.80. The number of nitrogens with zero attached hydrogens (tertiary/aromatic N) is 2. The average Bonchev–Trinajstić information content (AvgIpc) is 2.38. The molecule has 1 heterocycles. The fourth-order valence-corrected chi connectivity index (χ4v) is 2.11. The molecule has 0 fully saturated rings. The van der Waals surface area contributed by atoms with Crippen LogP contribution in [-0.2, 0) is 0 Å². The molecule has 0 saturated carbocycles. The number of anilines is 2. The van der Waals surface area contributed by atoms with E-state index in [9.17, 15) is 9.90 Å². The van der Waals surface area contributed by atoms with Gasteiger partial charge in [0.15, 0.2) is 0 Å². The molecule has 1 aromatic carbocycles. The topological polar surface area (TPSA) is 65.5 Å². The van der Waals surface area contributed by atoms with Gasteiger partial charge in [-0.15, -0.1) is 0 Å². The zero-order valence-corrected chi connectivity index (χ0v) is 12.7. The lowest BCUT2D eigenvalue weighted by molar-refractivity contribution is 0.102. The van der Waals surface area contributed by atoms with Crippen molar-refractivity contribution in [1.82, 2.24) is 4.98 Å². The zero-order valence-electron chi connectivity index (χ0n) is 11.1. The summed E-state index contributed by atoms with van der Waals surface area (Å²) in [5.74, 6) is -0.366. The van der Waals surface area contributed by atoms with Gasteiger partial charge in [-0.05, 0) is 24.3 Å². The molecule has 104 valence electrons. The molecular weight excluding hydrogens is 322 g/mol. The Balaban J connectivity index is 2.30. The first kappa shape index (κ1) is 14.3. The maximum Gasteiger partial charge on any atom is 0.257 e. The van der Waals surface area contributed by atoms with E-state index < -0.39 is 0 Å². The molecule has 0 saturated heterocycles. The third kappa shape index (κ3) is 3.27. The Morgan fingerprint density at radius 3 is 2.70 bits per heavy atom. The van der Waals surface area contributed by atoms with E-state index in [0.717, 1.165) is 10.2 Å². The summed E-state index contributed by atoms with van der Waals surface area (Å²) in [5, 5.41) is 12.2. The van der Waals surface area contributed by atoms with Crippen molar-refractivity contribution in [2.75, 3.05) is 24.3 Å². The SMILES string of the molecule is CN(C)c1ccc(Br)cc1NC(=O)c1cncc(O)c1. The predicted octanol–water partition coefficient (Wildman–Crippen LogP) is 2.87. The normalized spacial score (nSPS) is 10.2. The van der Waals surface area contributed by atoms with Crippen molar-refractivity contribution in [2.45, 2.75) is 0 Å². The van der Waals surface area contributed by atoms with Gasteiger partial charge >= 0.3 is 0 Å². The van der Waals surface area contributed by atoms with Gasteiger partial charge in [0.05, 0.1) is 23.1 Å². The van der Waals surface area contributed by atoms with E-state index in [1.165, 1.54) is 18.5 Å². The van der Waals surface area contributed by atoms with Gasteiger partial charge in [-0.2, -0.15) is 0 Å². The second-order valence-electron chi connectivity index (χ2n) is 4.44. The van der Waals surface area contributed by atoms with Crippen LogP contribution in [0.5, 0.6) is 5.75 Å². The van der Waals surface area contributed by atoms with Gasteiger partial charge in [-0.1, -0.05) is 15.9 Å². The van der Waals surface area contributed by atoms with Gasteiger partial charge in [-0.25, -0.2) is 0 Å². The van der Waals surface area contributed by atoms with E-state index in [1.807, 2.05) is 37.2 Å². The minimum Gasteiger partial charge on any atom is -0.506 e. The van der Waals surface area contributed by atoms with E-state index in [2.05, 4.69) is 26.2 Å². The zero-order chi connectivity index (χ0) is 14.7. The summed E-state index contributed by atoms with van der Waals surface area (Å²) >= 11 is 3.38. The summed E-state index contributed by atoms with van der Waals surface area (Å²) < 4.78 is 0.868. The summed E-state index contributed by atoms with van der Waals surface area (Å²) in [5.41, 5.74) is 1.86. The van der Waals surface area contributed by atoms with Gasteiger partial charge in [0.25, 0.3) is 5.91 Å². The van der Waals surface area contributed by atoms with Crippen molar-refractivity contribution < 1.29 is 9.90 Å². The predicted molar refractivity (Wildman–Crippen MR) is 82.3 cm³/mol. The van der Waals surface area contributed by atoms with E-state index in [4.69, 9.17) is 0 Å². The first-order chi connectivity index (χ1) is 9.47. The van der Waals surface area contributed by atoms with Crippen LogP contribution in [0.25, 0.3) is 0 Å². The van der Waals surface area contributed by atoms with Crippen LogP contribution in [0, 0.1) is 0 Å². The van der Waals surface area contributed by atoms with Crippen LogP contribution in [0.15, 0.2) is 41.1 Å². The molecule has 2 N–H and O–H groups in total. The molecular formula is C14H14BrN3O2. The van der Waals surface area contributed by atoms with Crippen LogP contribution in [-0.4, -0.2) is 30.1 Å². The average molecular weight is 336 g/mol. The lowest BCUT2D eigenvalue weighted by atomic mass is 10.2. The summed E-state index contributed by atoms with van der Waals surface area (Å²) in [6.07, 6.45) is 2.68. The van der Waals surface area contributed by atoms with E-state index in [0.29, 0.717) is 11.3 Å². The van der Waals surface area contributed by atoms with E-state index in [-0.39, 0.29) is 11.7 Å². The number of amides is 1. The number of aromatic hydroxyl groups is 1. The highest BCUT2D eigenvalue weighted by Crippen LogP contribution is 2.28. The van der Waals surface area contributed by atoms with Crippen LogP contribution < -0.4 is 10.2 Å². The fourth-order valence-electron chi connectivity index (χ4n) is 1.74. The van der Waals surface area contributed by atoms with Crippen molar-refractivity contribution >= 4 is 33.2 Å². The number of rotatable bonds is 3. The Kier molecular flexibility index (Phi) is 4.24. The number of pyridine rings is 1. The van der Waals surface area contributed by atoms with Crippen LogP contribution >= 0.6 is 15.9 Å². The first-order valence-electron chi connectivity index (χ1n) is 5.89. The minimum atomic E-state index is -0.324. The third-order valence-electron chi connectivity index (χ3n) is 2.67. The Hall–Kier alpha value is -2.08. The van der Waals surface area contributed by atoms with Crippen molar-refractivity contribution in [1.29, 1.82) is 0 Å². The lowest BCUT2D eigenvalue weighted by Gasteiger charge is -2.18. The molecule has 20 heavy (non-hydrogen) atoms. The monoisotopic (exact) mass is 335 g/mol. The van der Waals surface area contributed by atoms with Gasteiger partial charge in [0, 0.05) is 24.8 Å². The van der Waals surface area contributed by atoms with E-state index in [1.54, 1.807) is 0 Å². The standard InChI is InChI=1S/C14H14BrN3O2/c1-18(2)13-4-3-10(15)6-12(13)17-14(20)9-5-11(19)8-16-7-9/h3-8,19H,1-2H3,(H,17,20). The van der Waals surface area contributed by atoms with Gasteiger partial charge in [0.1, 0.15) is 5.75 Å². The van der Waals surface area contributed by atoms with Crippen LogP contribution in [0.4, 0.5) is 11.4 Å². The number of carbonyl (C=O) groups excluding carboxylic acids is 1. The second-order valence-corrected chi connectivity index (χ2v) is 5.36. The Labute approximate surface area is 125 Å². The minimum absolute atomic E-state index is 0.0419.